The molecule has 7 heteroatoms. The average molecular weight is 327 g/mol. The van der Waals surface area contributed by atoms with Crippen LogP contribution in [0.2, 0.25) is 0 Å². The fraction of sp³-hybridized carbons (Fsp3) is 0.250. The molecular formula is C16H17N5OS. The number of carbonyl (C=O) groups excluding carboxylic acids is 1. The predicted molar refractivity (Wildman–Crippen MR) is 88.7 cm³/mol. The van der Waals surface area contributed by atoms with Crippen molar-refractivity contribution in [2.75, 3.05) is 6.54 Å². The molecular weight excluding hydrogens is 310 g/mol. The fourth-order valence-corrected chi connectivity index (χ4v) is 2.86. The number of benzene rings is 1. The van der Waals surface area contributed by atoms with E-state index in [9.17, 15) is 4.79 Å². The second-order valence-corrected chi connectivity index (χ2v) is 5.96. The largest absolute Gasteiger partial charge is 0.337 e. The molecule has 0 saturated heterocycles. The first-order valence-corrected chi connectivity index (χ1v) is 8.27. The number of likely N-dealkylation sites (N-methyl/N-ethyl adjacent to an activating group) is 1. The van der Waals surface area contributed by atoms with E-state index in [-0.39, 0.29) is 12.5 Å². The van der Waals surface area contributed by atoms with Crippen LogP contribution in [0.5, 0.6) is 0 Å². The van der Waals surface area contributed by atoms with Crippen molar-refractivity contribution in [3.63, 3.8) is 0 Å². The highest BCUT2D eigenvalue weighted by Crippen LogP contribution is 2.19. The molecule has 0 aliphatic rings. The SMILES string of the molecule is CCN(Cc1ccccc1)C(=O)Cn1nnc(-c2cccs2)n1. The molecule has 0 N–H and O–H groups in total. The number of tetrazole rings is 1. The van der Waals surface area contributed by atoms with Crippen molar-refractivity contribution in [3.05, 3.63) is 53.4 Å². The van der Waals surface area contributed by atoms with Gasteiger partial charge in [-0.2, -0.15) is 4.80 Å². The standard InChI is InChI=1S/C16H17N5OS/c1-2-20(11-13-7-4-3-5-8-13)15(22)12-21-18-16(17-19-21)14-9-6-10-23-14/h3-10H,2,11-12H2,1H3. The minimum absolute atomic E-state index is 0.0218. The van der Waals surface area contributed by atoms with Gasteiger partial charge in [0.05, 0.1) is 4.88 Å². The van der Waals surface area contributed by atoms with Crippen molar-refractivity contribution in [2.45, 2.75) is 20.0 Å². The van der Waals surface area contributed by atoms with Gasteiger partial charge in [-0.1, -0.05) is 36.4 Å². The molecule has 0 saturated carbocycles. The van der Waals surface area contributed by atoms with Gasteiger partial charge in [-0.3, -0.25) is 4.79 Å². The summed E-state index contributed by atoms with van der Waals surface area (Å²) >= 11 is 1.55. The van der Waals surface area contributed by atoms with Crippen LogP contribution in [0.3, 0.4) is 0 Å². The Morgan fingerprint density at radius 2 is 2.04 bits per heavy atom. The number of nitrogens with zero attached hydrogens (tertiary/aromatic N) is 5. The van der Waals surface area contributed by atoms with E-state index in [0.29, 0.717) is 18.9 Å². The van der Waals surface area contributed by atoms with Crippen LogP contribution >= 0.6 is 11.3 Å². The lowest BCUT2D eigenvalue weighted by atomic mass is 10.2. The van der Waals surface area contributed by atoms with Crippen molar-refractivity contribution < 1.29 is 4.79 Å². The Kier molecular flexibility index (Phi) is 4.77. The fourth-order valence-electron chi connectivity index (χ4n) is 2.22. The maximum absolute atomic E-state index is 12.4. The van der Waals surface area contributed by atoms with Gasteiger partial charge in [0.25, 0.3) is 0 Å². The Hall–Kier alpha value is -2.54. The lowest BCUT2D eigenvalue weighted by Crippen LogP contribution is -2.33. The molecule has 6 nitrogen and oxygen atoms in total. The summed E-state index contributed by atoms with van der Waals surface area (Å²) in [4.78, 5) is 16.5. The highest BCUT2D eigenvalue weighted by atomic mass is 32.1. The molecule has 0 bridgehead atoms. The third kappa shape index (κ3) is 3.81. The van der Waals surface area contributed by atoms with Crippen LogP contribution in [0.25, 0.3) is 10.7 Å². The minimum atomic E-state index is -0.0218. The van der Waals surface area contributed by atoms with Gasteiger partial charge in [0.15, 0.2) is 0 Å². The Labute approximate surface area is 138 Å². The molecule has 0 fully saturated rings. The van der Waals surface area contributed by atoms with E-state index in [1.807, 2.05) is 54.8 Å². The lowest BCUT2D eigenvalue weighted by Gasteiger charge is -2.20. The summed E-state index contributed by atoms with van der Waals surface area (Å²) in [6, 6.07) is 13.8. The zero-order valence-corrected chi connectivity index (χ0v) is 13.6. The number of aromatic nitrogens is 4. The van der Waals surface area contributed by atoms with Gasteiger partial charge in [0, 0.05) is 13.1 Å². The molecule has 23 heavy (non-hydrogen) atoms. The molecule has 1 aromatic carbocycles. The van der Waals surface area contributed by atoms with Crippen LogP contribution < -0.4 is 0 Å². The Balaban J connectivity index is 1.65. The normalized spacial score (nSPS) is 10.7. The van der Waals surface area contributed by atoms with Gasteiger partial charge >= 0.3 is 0 Å². The number of rotatable bonds is 6. The Morgan fingerprint density at radius 1 is 1.22 bits per heavy atom. The van der Waals surface area contributed by atoms with Crippen LogP contribution in [-0.4, -0.2) is 37.6 Å². The lowest BCUT2D eigenvalue weighted by molar-refractivity contribution is -0.132. The topological polar surface area (TPSA) is 63.9 Å². The number of thiophene rings is 1. The zero-order valence-electron chi connectivity index (χ0n) is 12.8. The van der Waals surface area contributed by atoms with Crippen molar-refractivity contribution in [3.8, 4) is 10.7 Å². The van der Waals surface area contributed by atoms with Gasteiger partial charge in [0.2, 0.25) is 11.7 Å². The van der Waals surface area contributed by atoms with Crippen molar-refractivity contribution in [2.24, 2.45) is 0 Å². The molecule has 0 unspecified atom stereocenters. The molecule has 2 heterocycles. The zero-order chi connectivity index (χ0) is 16.1. The average Bonchev–Trinajstić information content (AvgIpc) is 3.24. The molecule has 0 aliphatic heterocycles. The first-order chi connectivity index (χ1) is 11.3. The van der Waals surface area contributed by atoms with Crippen molar-refractivity contribution >= 4 is 17.2 Å². The summed E-state index contributed by atoms with van der Waals surface area (Å²) in [5, 5.41) is 14.2. The monoisotopic (exact) mass is 327 g/mol. The number of amides is 1. The maximum atomic E-state index is 12.4. The van der Waals surface area contributed by atoms with Crippen LogP contribution in [0, 0.1) is 0 Å². The molecule has 118 valence electrons. The van der Waals surface area contributed by atoms with Gasteiger partial charge in [-0.15, -0.1) is 21.5 Å². The van der Waals surface area contributed by atoms with Crippen molar-refractivity contribution in [1.82, 2.24) is 25.1 Å². The van der Waals surface area contributed by atoms with Crippen molar-refractivity contribution in [1.29, 1.82) is 0 Å². The summed E-state index contributed by atoms with van der Waals surface area (Å²) in [5.41, 5.74) is 1.11. The highest BCUT2D eigenvalue weighted by Gasteiger charge is 2.15. The third-order valence-corrected chi connectivity index (χ3v) is 4.29. The number of carbonyl (C=O) groups is 1. The highest BCUT2D eigenvalue weighted by molar-refractivity contribution is 7.13. The predicted octanol–water partition coefficient (Wildman–Crippen LogP) is 2.45. The summed E-state index contributed by atoms with van der Waals surface area (Å²) in [6.45, 7) is 3.29. The smallest absolute Gasteiger partial charge is 0.246 e. The molecule has 2 aromatic heterocycles. The second kappa shape index (κ2) is 7.15. The van der Waals surface area contributed by atoms with Gasteiger partial charge in [-0.25, -0.2) is 0 Å². The van der Waals surface area contributed by atoms with Crippen LogP contribution in [0.1, 0.15) is 12.5 Å². The molecule has 0 spiro atoms. The van der Waals surface area contributed by atoms with E-state index < -0.39 is 0 Å². The molecule has 3 aromatic rings. The first-order valence-electron chi connectivity index (χ1n) is 7.39. The molecule has 1 amide bonds. The van der Waals surface area contributed by atoms with E-state index in [1.54, 1.807) is 16.2 Å². The second-order valence-electron chi connectivity index (χ2n) is 5.01. The number of hydrogen-bond acceptors (Lipinski definition) is 5. The summed E-state index contributed by atoms with van der Waals surface area (Å²) in [6.07, 6.45) is 0. The van der Waals surface area contributed by atoms with Crippen LogP contribution in [-0.2, 0) is 17.9 Å². The molecule has 0 atom stereocenters. The molecule has 3 rings (SSSR count). The summed E-state index contributed by atoms with van der Waals surface area (Å²) < 4.78 is 0. The van der Waals surface area contributed by atoms with E-state index in [2.05, 4.69) is 15.4 Å². The van der Waals surface area contributed by atoms with E-state index in [1.165, 1.54) is 4.80 Å². The quantitative estimate of drug-likeness (QED) is 0.697. The number of hydrogen-bond donors (Lipinski definition) is 0. The van der Waals surface area contributed by atoms with E-state index in [0.717, 1.165) is 10.4 Å². The van der Waals surface area contributed by atoms with E-state index in [4.69, 9.17) is 0 Å². The minimum Gasteiger partial charge on any atom is -0.337 e. The summed E-state index contributed by atoms with van der Waals surface area (Å²) in [5.74, 6) is 0.533. The van der Waals surface area contributed by atoms with Gasteiger partial charge in [0.1, 0.15) is 6.54 Å². The first kappa shape index (κ1) is 15.4. The van der Waals surface area contributed by atoms with Gasteiger partial charge < -0.3 is 4.90 Å². The Morgan fingerprint density at radius 3 is 2.74 bits per heavy atom. The van der Waals surface area contributed by atoms with Crippen LogP contribution in [0.4, 0.5) is 0 Å². The summed E-state index contributed by atoms with van der Waals surface area (Å²) in [7, 11) is 0. The Bertz CT molecular complexity index is 754. The maximum Gasteiger partial charge on any atom is 0.246 e. The van der Waals surface area contributed by atoms with Gasteiger partial charge in [-0.05, 0) is 29.1 Å². The van der Waals surface area contributed by atoms with E-state index >= 15 is 0 Å². The molecule has 0 radical (unpaired) electrons. The van der Waals surface area contributed by atoms with Crippen LogP contribution in [0.15, 0.2) is 47.8 Å². The third-order valence-electron chi connectivity index (χ3n) is 3.42. The molecule has 0 aliphatic carbocycles.